The molecule has 21 heavy (non-hydrogen) atoms. The number of fused-ring (bicyclic) bond motifs is 1. The molecule has 2 heterocycles. The van der Waals surface area contributed by atoms with Gasteiger partial charge in [-0.25, -0.2) is 9.97 Å². The number of nitrogen functional groups attached to an aromatic ring is 1. The number of carbonyl (C=O) groups excluding carboxylic acids is 1. The third-order valence-corrected chi connectivity index (χ3v) is 4.29. The average molecular weight is 300 g/mol. The Hall–Kier alpha value is -2.08. The van der Waals surface area contributed by atoms with Crippen LogP contribution in [-0.2, 0) is 13.0 Å². The molecule has 2 N–H and O–H groups in total. The summed E-state index contributed by atoms with van der Waals surface area (Å²) in [7, 11) is 0. The van der Waals surface area contributed by atoms with Crippen LogP contribution in [0.25, 0.3) is 0 Å². The largest absolute Gasteiger partial charge is 0.368 e. The van der Waals surface area contributed by atoms with E-state index in [4.69, 9.17) is 5.73 Å². The van der Waals surface area contributed by atoms with Gasteiger partial charge < -0.3 is 10.6 Å². The van der Waals surface area contributed by atoms with E-state index in [1.165, 1.54) is 0 Å². The first-order chi connectivity index (χ1) is 10.2. The number of thioether (sulfide) groups is 1. The number of benzene rings is 1. The van der Waals surface area contributed by atoms with Gasteiger partial charge in [-0.2, -0.15) is 0 Å². The molecule has 0 aliphatic carbocycles. The van der Waals surface area contributed by atoms with Gasteiger partial charge in [-0.05, 0) is 36.4 Å². The monoisotopic (exact) mass is 300 g/mol. The predicted octanol–water partition coefficient (Wildman–Crippen LogP) is 1.98. The highest BCUT2D eigenvalue weighted by atomic mass is 32.2. The highest BCUT2D eigenvalue weighted by molar-refractivity contribution is 7.98. The molecule has 0 atom stereocenters. The van der Waals surface area contributed by atoms with Crippen molar-refractivity contribution in [2.45, 2.75) is 17.9 Å². The van der Waals surface area contributed by atoms with Crippen molar-refractivity contribution in [2.75, 3.05) is 18.5 Å². The van der Waals surface area contributed by atoms with E-state index in [2.05, 4.69) is 9.97 Å². The van der Waals surface area contributed by atoms with Crippen molar-refractivity contribution in [1.29, 1.82) is 0 Å². The maximum atomic E-state index is 12.6. The summed E-state index contributed by atoms with van der Waals surface area (Å²) in [5, 5.41) is 0. The lowest BCUT2D eigenvalue weighted by Crippen LogP contribution is -2.36. The fraction of sp³-hybridized carbons (Fsp3) is 0.267. The minimum Gasteiger partial charge on any atom is -0.368 e. The van der Waals surface area contributed by atoms with Crippen LogP contribution < -0.4 is 5.73 Å². The molecule has 6 heteroatoms. The van der Waals surface area contributed by atoms with E-state index in [9.17, 15) is 4.79 Å². The van der Waals surface area contributed by atoms with E-state index in [1.54, 1.807) is 18.0 Å². The van der Waals surface area contributed by atoms with Crippen molar-refractivity contribution < 1.29 is 4.79 Å². The third-order valence-electron chi connectivity index (χ3n) is 3.57. The minimum atomic E-state index is 0.0359. The van der Waals surface area contributed by atoms with Crippen LogP contribution in [0.15, 0.2) is 35.4 Å². The summed E-state index contributed by atoms with van der Waals surface area (Å²) in [6.45, 7) is 1.17. The normalized spacial score (nSPS) is 13.9. The van der Waals surface area contributed by atoms with Gasteiger partial charge >= 0.3 is 0 Å². The first-order valence-electron chi connectivity index (χ1n) is 6.71. The number of nitrogens with two attached hydrogens (primary N) is 1. The molecule has 1 aliphatic rings. The van der Waals surface area contributed by atoms with Crippen LogP contribution in [0.1, 0.15) is 21.6 Å². The van der Waals surface area contributed by atoms with Crippen LogP contribution in [0.2, 0.25) is 0 Å². The van der Waals surface area contributed by atoms with Crippen molar-refractivity contribution in [3.8, 4) is 0 Å². The summed E-state index contributed by atoms with van der Waals surface area (Å²) in [6, 6.07) is 7.70. The second-order valence-corrected chi connectivity index (χ2v) is 5.79. The molecule has 1 aromatic heterocycles. The lowest BCUT2D eigenvalue weighted by Gasteiger charge is -2.28. The van der Waals surface area contributed by atoms with Crippen LogP contribution in [0.4, 0.5) is 5.95 Å². The summed E-state index contributed by atoms with van der Waals surface area (Å²) < 4.78 is 0. The van der Waals surface area contributed by atoms with Gasteiger partial charge in [0.1, 0.15) is 0 Å². The van der Waals surface area contributed by atoms with Gasteiger partial charge in [0, 0.05) is 23.2 Å². The van der Waals surface area contributed by atoms with Gasteiger partial charge in [-0.1, -0.05) is 6.07 Å². The maximum absolute atomic E-state index is 12.6. The van der Waals surface area contributed by atoms with Gasteiger partial charge in [0.15, 0.2) is 0 Å². The molecule has 1 aromatic carbocycles. The first-order valence-corrected chi connectivity index (χ1v) is 7.93. The molecule has 5 nitrogen and oxygen atoms in total. The van der Waals surface area contributed by atoms with Gasteiger partial charge in [0.2, 0.25) is 5.95 Å². The van der Waals surface area contributed by atoms with E-state index in [0.29, 0.717) is 18.7 Å². The highest BCUT2D eigenvalue weighted by Gasteiger charge is 2.23. The summed E-state index contributed by atoms with van der Waals surface area (Å²) >= 11 is 1.63. The first kappa shape index (κ1) is 13.9. The number of amides is 1. The number of nitrogens with zero attached hydrogens (tertiary/aromatic N) is 3. The molecule has 108 valence electrons. The zero-order valence-electron chi connectivity index (χ0n) is 11.7. The summed E-state index contributed by atoms with van der Waals surface area (Å²) in [5.41, 5.74) is 8.26. The molecule has 0 bridgehead atoms. The molecule has 0 saturated carbocycles. The van der Waals surface area contributed by atoms with Crippen LogP contribution in [-0.4, -0.2) is 33.6 Å². The highest BCUT2D eigenvalue weighted by Crippen LogP contribution is 2.21. The van der Waals surface area contributed by atoms with Crippen molar-refractivity contribution >= 4 is 23.6 Å². The van der Waals surface area contributed by atoms with Crippen LogP contribution in [0.5, 0.6) is 0 Å². The van der Waals surface area contributed by atoms with E-state index in [-0.39, 0.29) is 11.9 Å². The Bertz CT molecular complexity index is 689. The molecule has 2 aromatic rings. The fourth-order valence-corrected chi connectivity index (χ4v) is 2.89. The average Bonchev–Trinajstić information content (AvgIpc) is 2.53. The summed E-state index contributed by atoms with van der Waals surface area (Å²) in [6.07, 6.45) is 4.53. The predicted molar refractivity (Wildman–Crippen MR) is 83.1 cm³/mol. The quantitative estimate of drug-likeness (QED) is 0.859. The van der Waals surface area contributed by atoms with Crippen LogP contribution in [0, 0.1) is 0 Å². The zero-order chi connectivity index (χ0) is 14.8. The summed E-state index contributed by atoms with van der Waals surface area (Å²) in [4.78, 5) is 23.8. The molecular weight excluding hydrogens is 284 g/mol. The molecule has 1 amide bonds. The zero-order valence-corrected chi connectivity index (χ0v) is 12.6. The van der Waals surface area contributed by atoms with Crippen LogP contribution in [0.3, 0.4) is 0 Å². The minimum absolute atomic E-state index is 0.0359. The Kier molecular flexibility index (Phi) is 3.79. The van der Waals surface area contributed by atoms with E-state index < -0.39 is 0 Å². The topological polar surface area (TPSA) is 72.1 Å². The van der Waals surface area contributed by atoms with E-state index in [0.717, 1.165) is 22.6 Å². The van der Waals surface area contributed by atoms with Crippen LogP contribution >= 0.6 is 11.8 Å². The maximum Gasteiger partial charge on any atom is 0.254 e. The molecule has 3 rings (SSSR count). The Morgan fingerprint density at radius 1 is 1.43 bits per heavy atom. The lowest BCUT2D eigenvalue weighted by molar-refractivity contribution is 0.0731. The third kappa shape index (κ3) is 2.85. The number of anilines is 1. The molecule has 0 spiro atoms. The molecule has 1 aliphatic heterocycles. The van der Waals surface area contributed by atoms with Gasteiger partial charge in [0.25, 0.3) is 5.91 Å². The van der Waals surface area contributed by atoms with Crippen molar-refractivity contribution in [3.05, 3.63) is 47.3 Å². The molecular formula is C15H16N4OS. The molecule has 0 fully saturated rings. The van der Waals surface area contributed by atoms with Gasteiger partial charge in [-0.15, -0.1) is 11.8 Å². The fourth-order valence-electron chi connectivity index (χ4n) is 2.43. The SMILES string of the molecule is CSc1cccc(C(=O)N2CCc3cnc(N)nc3C2)c1. The van der Waals surface area contributed by atoms with Crippen molar-refractivity contribution in [2.24, 2.45) is 0 Å². The second-order valence-electron chi connectivity index (χ2n) is 4.91. The van der Waals surface area contributed by atoms with Crippen molar-refractivity contribution in [1.82, 2.24) is 14.9 Å². The smallest absolute Gasteiger partial charge is 0.254 e. The van der Waals surface area contributed by atoms with E-state index >= 15 is 0 Å². The number of rotatable bonds is 2. The van der Waals surface area contributed by atoms with Gasteiger partial charge in [-0.3, -0.25) is 4.79 Å². The lowest BCUT2D eigenvalue weighted by atomic mass is 10.1. The van der Waals surface area contributed by atoms with Gasteiger partial charge in [0.05, 0.1) is 12.2 Å². The Morgan fingerprint density at radius 3 is 3.10 bits per heavy atom. The Balaban J connectivity index is 1.83. The summed E-state index contributed by atoms with van der Waals surface area (Å²) in [5.74, 6) is 0.293. The Labute approximate surface area is 127 Å². The van der Waals surface area contributed by atoms with E-state index in [1.807, 2.05) is 35.4 Å². The molecule has 0 unspecified atom stereocenters. The number of hydrogen-bond acceptors (Lipinski definition) is 5. The molecule has 0 saturated heterocycles. The second kappa shape index (κ2) is 5.73. The standard InChI is InChI=1S/C15H16N4OS/c1-21-12-4-2-3-10(7-12)14(20)19-6-5-11-8-17-15(16)18-13(11)9-19/h2-4,7-8H,5-6,9H2,1H3,(H2,16,17,18). The number of carbonyl (C=O) groups is 1. The van der Waals surface area contributed by atoms with Crippen molar-refractivity contribution in [3.63, 3.8) is 0 Å². The Morgan fingerprint density at radius 2 is 2.29 bits per heavy atom. The molecule has 0 radical (unpaired) electrons. The number of hydrogen-bond donors (Lipinski definition) is 1. The number of aromatic nitrogens is 2.